The van der Waals surface area contributed by atoms with E-state index >= 15 is 0 Å². The molecule has 1 aliphatic rings. The maximum absolute atomic E-state index is 6.04. The average Bonchev–Trinajstić information content (AvgIpc) is 2.72. The van der Waals surface area contributed by atoms with Crippen molar-refractivity contribution in [2.45, 2.75) is 24.6 Å². The summed E-state index contributed by atoms with van der Waals surface area (Å²) in [5, 5.41) is 11.4. The third-order valence-electron chi connectivity index (χ3n) is 2.76. The van der Waals surface area contributed by atoms with Gasteiger partial charge in [0.2, 0.25) is 0 Å². The molecule has 0 radical (unpaired) electrons. The normalized spacial score (nSPS) is 26.7. The highest BCUT2D eigenvalue weighted by Gasteiger charge is 2.22. The number of nitrogens with one attached hydrogen (secondary N) is 1. The second-order valence-electron chi connectivity index (χ2n) is 3.90. The molecule has 1 aliphatic carbocycles. The minimum atomic E-state index is 0.381. The summed E-state index contributed by atoms with van der Waals surface area (Å²) in [6.45, 7) is 0.977. The molecule has 1 saturated carbocycles. The molecule has 78 valence electrons. The lowest BCUT2D eigenvalue weighted by Crippen LogP contribution is -2.13. The largest absolute Gasteiger partial charge is 0.369 e. The molecule has 2 atom stereocenters. The van der Waals surface area contributed by atoms with Gasteiger partial charge in [-0.3, -0.25) is 0 Å². The number of alkyl halides is 1. The Hall–Kier alpha value is -0.770. The first-order valence-corrected chi connectivity index (χ1v) is 5.42. The second-order valence-corrected chi connectivity index (χ2v) is 4.52. The lowest BCUT2D eigenvalue weighted by molar-refractivity contribution is 0.576. The quantitative estimate of drug-likeness (QED) is 0.778. The van der Waals surface area contributed by atoms with E-state index in [9.17, 15) is 0 Å². The zero-order valence-electron chi connectivity index (χ0n) is 8.28. The number of hydrogen-bond acceptors (Lipinski definition) is 3. The molecule has 0 amide bonds. The SMILES string of the molecule is Cn1nncc1NCC1CCC(Cl)C1. The number of rotatable bonds is 3. The zero-order valence-corrected chi connectivity index (χ0v) is 9.04. The monoisotopic (exact) mass is 214 g/mol. The van der Waals surface area contributed by atoms with Crippen molar-refractivity contribution in [3.8, 4) is 0 Å². The molecule has 1 fully saturated rings. The van der Waals surface area contributed by atoms with E-state index in [1.807, 2.05) is 7.05 Å². The molecule has 1 aromatic heterocycles. The highest BCUT2D eigenvalue weighted by atomic mass is 35.5. The van der Waals surface area contributed by atoms with Crippen LogP contribution in [0, 0.1) is 5.92 Å². The van der Waals surface area contributed by atoms with Crippen molar-refractivity contribution >= 4 is 17.4 Å². The van der Waals surface area contributed by atoms with Crippen molar-refractivity contribution in [2.24, 2.45) is 13.0 Å². The van der Waals surface area contributed by atoms with E-state index in [4.69, 9.17) is 11.6 Å². The standard InChI is InChI=1S/C9H15ClN4/c1-14-9(6-12-13-14)11-5-7-2-3-8(10)4-7/h6-8,11H,2-5H2,1H3. The van der Waals surface area contributed by atoms with E-state index in [2.05, 4.69) is 15.6 Å². The van der Waals surface area contributed by atoms with E-state index in [-0.39, 0.29) is 0 Å². The molecule has 0 aromatic carbocycles. The van der Waals surface area contributed by atoms with Crippen LogP contribution >= 0.6 is 11.6 Å². The van der Waals surface area contributed by atoms with Crippen molar-refractivity contribution in [1.82, 2.24) is 15.0 Å². The summed E-state index contributed by atoms with van der Waals surface area (Å²) in [7, 11) is 1.88. The third kappa shape index (κ3) is 2.18. The van der Waals surface area contributed by atoms with Gasteiger partial charge >= 0.3 is 0 Å². The number of anilines is 1. The molecule has 0 bridgehead atoms. The van der Waals surface area contributed by atoms with Gasteiger partial charge in [-0.2, -0.15) is 0 Å². The Kier molecular flexibility index (Phi) is 2.91. The molecule has 0 saturated heterocycles. The number of hydrogen-bond donors (Lipinski definition) is 1. The van der Waals surface area contributed by atoms with Gasteiger partial charge in [0.05, 0.1) is 6.20 Å². The van der Waals surface area contributed by atoms with Crippen LogP contribution < -0.4 is 5.32 Å². The molecular weight excluding hydrogens is 200 g/mol. The van der Waals surface area contributed by atoms with Gasteiger partial charge in [-0.1, -0.05) is 5.21 Å². The highest BCUT2D eigenvalue weighted by Crippen LogP contribution is 2.29. The summed E-state index contributed by atoms with van der Waals surface area (Å²) < 4.78 is 1.74. The fraction of sp³-hybridized carbons (Fsp3) is 0.778. The molecule has 1 N–H and O–H groups in total. The number of nitrogens with zero attached hydrogens (tertiary/aromatic N) is 3. The Bertz CT molecular complexity index is 299. The fourth-order valence-corrected chi connectivity index (χ4v) is 2.28. The van der Waals surface area contributed by atoms with E-state index in [1.54, 1.807) is 10.9 Å². The predicted octanol–water partition coefficient (Wildman–Crippen LogP) is 1.63. The molecule has 4 nitrogen and oxygen atoms in total. The molecular formula is C9H15ClN4. The Morgan fingerprint density at radius 2 is 2.50 bits per heavy atom. The first kappa shape index (κ1) is 9.77. The molecule has 2 rings (SSSR count). The summed E-state index contributed by atoms with van der Waals surface area (Å²) in [6, 6.07) is 0. The Labute approximate surface area is 88.6 Å². The minimum absolute atomic E-state index is 0.381. The summed E-state index contributed by atoms with van der Waals surface area (Å²) in [5.41, 5.74) is 0. The van der Waals surface area contributed by atoms with Crippen LogP contribution in [0.1, 0.15) is 19.3 Å². The van der Waals surface area contributed by atoms with E-state index in [0.29, 0.717) is 11.3 Å². The minimum Gasteiger partial charge on any atom is -0.369 e. The van der Waals surface area contributed by atoms with E-state index in [1.165, 1.54) is 6.42 Å². The van der Waals surface area contributed by atoms with Crippen molar-refractivity contribution in [2.75, 3.05) is 11.9 Å². The number of aryl methyl sites for hydroxylation is 1. The number of aromatic nitrogens is 3. The van der Waals surface area contributed by atoms with Crippen LogP contribution in [0.15, 0.2) is 6.20 Å². The van der Waals surface area contributed by atoms with Crippen LogP contribution in [0.25, 0.3) is 0 Å². The molecule has 0 aliphatic heterocycles. The Morgan fingerprint density at radius 1 is 1.64 bits per heavy atom. The van der Waals surface area contributed by atoms with Gasteiger partial charge in [-0.25, -0.2) is 4.68 Å². The first-order chi connectivity index (χ1) is 6.75. The highest BCUT2D eigenvalue weighted by molar-refractivity contribution is 6.20. The van der Waals surface area contributed by atoms with Crippen LogP contribution in [-0.4, -0.2) is 26.9 Å². The molecule has 14 heavy (non-hydrogen) atoms. The van der Waals surface area contributed by atoms with Crippen molar-refractivity contribution < 1.29 is 0 Å². The Balaban J connectivity index is 1.80. The third-order valence-corrected chi connectivity index (χ3v) is 3.16. The molecule has 5 heteroatoms. The summed E-state index contributed by atoms with van der Waals surface area (Å²) in [6.07, 6.45) is 5.25. The van der Waals surface area contributed by atoms with Crippen molar-refractivity contribution in [3.63, 3.8) is 0 Å². The van der Waals surface area contributed by atoms with Crippen molar-refractivity contribution in [1.29, 1.82) is 0 Å². The van der Waals surface area contributed by atoms with Crippen LogP contribution in [0.3, 0.4) is 0 Å². The Morgan fingerprint density at radius 3 is 3.07 bits per heavy atom. The van der Waals surface area contributed by atoms with Gasteiger partial charge in [-0.15, -0.1) is 16.7 Å². The van der Waals surface area contributed by atoms with Gasteiger partial charge in [0.15, 0.2) is 0 Å². The predicted molar refractivity (Wildman–Crippen MR) is 56.5 cm³/mol. The van der Waals surface area contributed by atoms with Gasteiger partial charge in [0.25, 0.3) is 0 Å². The molecule has 1 heterocycles. The van der Waals surface area contributed by atoms with Crippen molar-refractivity contribution in [3.05, 3.63) is 6.20 Å². The second kappa shape index (κ2) is 4.17. The summed E-state index contributed by atoms with van der Waals surface area (Å²) >= 11 is 6.04. The molecule has 0 spiro atoms. The molecule has 2 unspecified atom stereocenters. The van der Waals surface area contributed by atoms with E-state index < -0.39 is 0 Å². The smallest absolute Gasteiger partial charge is 0.144 e. The van der Waals surface area contributed by atoms with Crippen LogP contribution in [0.4, 0.5) is 5.82 Å². The summed E-state index contributed by atoms with van der Waals surface area (Å²) in [5.74, 6) is 1.68. The first-order valence-electron chi connectivity index (χ1n) is 4.98. The fourth-order valence-electron chi connectivity index (χ4n) is 1.90. The maximum atomic E-state index is 6.04. The van der Waals surface area contributed by atoms with Crippen LogP contribution in [-0.2, 0) is 7.05 Å². The maximum Gasteiger partial charge on any atom is 0.144 e. The number of halogens is 1. The lowest BCUT2D eigenvalue weighted by Gasteiger charge is -2.10. The average molecular weight is 215 g/mol. The zero-order chi connectivity index (χ0) is 9.97. The molecule has 1 aromatic rings. The van der Waals surface area contributed by atoms with E-state index in [0.717, 1.165) is 25.2 Å². The van der Waals surface area contributed by atoms with Gasteiger partial charge in [0, 0.05) is 19.0 Å². The van der Waals surface area contributed by atoms with Gasteiger partial charge in [-0.05, 0) is 25.2 Å². The van der Waals surface area contributed by atoms with Crippen LogP contribution in [0.2, 0.25) is 0 Å². The summed E-state index contributed by atoms with van der Waals surface area (Å²) in [4.78, 5) is 0. The van der Waals surface area contributed by atoms with Gasteiger partial charge < -0.3 is 5.32 Å². The topological polar surface area (TPSA) is 42.7 Å². The lowest BCUT2D eigenvalue weighted by atomic mass is 10.1. The van der Waals surface area contributed by atoms with Gasteiger partial charge in [0.1, 0.15) is 5.82 Å². The van der Waals surface area contributed by atoms with Crippen LogP contribution in [0.5, 0.6) is 0 Å².